The number of likely N-dealkylation sites (N-methyl/N-ethyl adjacent to an activating group) is 1. The lowest BCUT2D eigenvalue weighted by atomic mass is 10.1. The first-order valence-corrected chi connectivity index (χ1v) is 9.00. The van der Waals surface area contributed by atoms with E-state index in [-0.39, 0.29) is 0 Å². The fraction of sp³-hybridized carbons (Fsp3) is 0.400. The molecule has 0 unspecified atom stereocenters. The number of piperazine rings is 1. The Morgan fingerprint density at radius 3 is 2.42 bits per heavy atom. The van der Waals surface area contributed by atoms with Crippen molar-refractivity contribution in [2.75, 3.05) is 39.8 Å². The fourth-order valence-electron chi connectivity index (χ4n) is 2.97. The van der Waals surface area contributed by atoms with Gasteiger partial charge < -0.3 is 14.5 Å². The normalized spacial score (nSPS) is 16.2. The van der Waals surface area contributed by atoms with Crippen LogP contribution in [0.5, 0.6) is 11.5 Å². The summed E-state index contributed by atoms with van der Waals surface area (Å²) in [6.45, 7) is 5.96. The van der Waals surface area contributed by atoms with E-state index in [0.717, 1.165) is 17.9 Å². The highest BCUT2D eigenvalue weighted by Gasteiger charge is 2.12. The van der Waals surface area contributed by atoms with Gasteiger partial charge in [0.25, 0.3) is 0 Å². The highest BCUT2D eigenvalue weighted by Crippen LogP contribution is 2.24. The van der Waals surface area contributed by atoms with Gasteiger partial charge in [0, 0.05) is 31.2 Å². The average molecular weight is 345 g/mol. The molecule has 0 bridgehead atoms. The zero-order chi connectivity index (χ0) is 16.8. The minimum absolute atomic E-state index is 0.688. The van der Waals surface area contributed by atoms with Gasteiger partial charge in [0.1, 0.15) is 11.5 Å². The fourth-order valence-corrected chi connectivity index (χ4v) is 3.15. The molecular weight excluding hydrogens is 320 g/mol. The van der Waals surface area contributed by atoms with Gasteiger partial charge in [0.15, 0.2) is 0 Å². The van der Waals surface area contributed by atoms with Crippen molar-refractivity contribution in [3.05, 3.63) is 59.1 Å². The molecule has 128 valence electrons. The molecule has 3 nitrogen and oxygen atoms in total. The molecule has 0 radical (unpaired) electrons. The molecule has 0 aromatic heterocycles. The first-order chi connectivity index (χ1) is 11.7. The zero-order valence-electron chi connectivity index (χ0n) is 14.2. The molecule has 1 aliphatic rings. The Morgan fingerprint density at radius 2 is 1.71 bits per heavy atom. The molecule has 1 fully saturated rings. The molecule has 2 aromatic rings. The molecule has 0 N–H and O–H groups in total. The largest absolute Gasteiger partial charge is 0.457 e. The molecule has 0 aliphatic carbocycles. The van der Waals surface area contributed by atoms with Crippen LogP contribution in [-0.2, 0) is 6.42 Å². The van der Waals surface area contributed by atoms with Gasteiger partial charge in [-0.15, -0.1) is 0 Å². The van der Waals surface area contributed by atoms with Gasteiger partial charge >= 0.3 is 0 Å². The molecule has 4 heteroatoms. The van der Waals surface area contributed by atoms with E-state index in [1.165, 1.54) is 44.7 Å². The van der Waals surface area contributed by atoms with E-state index in [2.05, 4.69) is 29.0 Å². The summed E-state index contributed by atoms with van der Waals surface area (Å²) in [7, 11) is 2.20. The third-order valence-corrected chi connectivity index (χ3v) is 4.73. The Kier molecular flexibility index (Phi) is 6.13. The Balaban J connectivity index is 1.44. The summed E-state index contributed by atoms with van der Waals surface area (Å²) >= 11 is 5.98. The van der Waals surface area contributed by atoms with E-state index in [9.17, 15) is 0 Å². The van der Waals surface area contributed by atoms with Gasteiger partial charge in [-0.3, -0.25) is 0 Å². The molecule has 3 rings (SSSR count). The third-order valence-electron chi connectivity index (χ3n) is 4.49. The SMILES string of the molecule is CN1CCN(CCCc2ccc(Oc3cccc(Cl)c3)cc2)CC1. The van der Waals surface area contributed by atoms with Crippen LogP contribution in [0.2, 0.25) is 5.02 Å². The summed E-state index contributed by atoms with van der Waals surface area (Å²) in [5.74, 6) is 1.62. The van der Waals surface area contributed by atoms with Crippen molar-refractivity contribution < 1.29 is 4.74 Å². The standard InChI is InChI=1S/C20H25ClN2O/c1-22-12-14-23(15-13-22)11-3-4-17-7-9-19(10-8-17)24-20-6-2-5-18(21)16-20/h2,5-10,16H,3-4,11-15H2,1H3. The lowest BCUT2D eigenvalue weighted by Gasteiger charge is -2.32. The van der Waals surface area contributed by atoms with E-state index >= 15 is 0 Å². The third kappa shape index (κ3) is 5.23. The summed E-state index contributed by atoms with van der Waals surface area (Å²) in [6, 6.07) is 15.9. The van der Waals surface area contributed by atoms with E-state index < -0.39 is 0 Å². The molecular formula is C20H25ClN2O. The summed E-state index contributed by atoms with van der Waals surface area (Å²) in [4.78, 5) is 4.96. The van der Waals surface area contributed by atoms with Crippen LogP contribution in [0, 0.1) is 0 Å². The Bertz CT molecular complexity index is 636. The number of aryl methyl sites for hydroxylation is 1. The Morgan fingerprint density at radius 1 is 0.958 bits per heavy atom. The Labute approximate surface area is 149 Å². The number of benzene rings is 2. The predicted molar refractivity (Wildman–Crippen MR) is 100 cm³/mol. The first kappa shape index (κ1) is 17.3. The summed E-state index contributed by atoms with van der Waals surface area (Å²) in [5, 5.41) is 0.688. The average Bonchev–Trinajstić information content (AvgIpc) is 2.58. The minimum atomic E-state index is 0.688. The van der Waals surface area contributed by atoms with Crippen molar-refractivity contribution in [3.63, 3.8) is 0 Å². The maximum absolute atomic E-state index is 5.98. The van der Waals surface area contributed by atoms with Gasteiger partial charge in [-0.05, 0) is 62.3 Å². The summed E-state index contributed by atoms with van der Waals surface area (Å²) in [6.07, 6.45) is 2.32. The van der Waals surface area contributed by atoms with Gasteiger partial charge in [-0.1, -0.05) is 29.8 Å². The quantitative estimate of drug-likeness (QED) is 0.776. The number of hydrogen-bond donors (Lipinski definition) is 0. The van der Waals surface area contributed by atoms with Crippen LogP contribution in [0.3, 0.4) is 0 Å². The predicted octanol–water partition coefficient (Wildman–Crippen LogP) is 4.31. The molecule has 0 saturated carbocycles. The number of rotatable bonds is 6. The molecule has 24 heavy (non-hydrogen) atoms. The van der Waals surface area contributed by atoms with Crippen LogP contribution in [0.4, 0.5) is 0 Å². The van der Waals surface area contributed by atoms with Crippen LogP contribution >= 0.6 is 11.6 Å². The lowest BCUT2D eigenvalue weighted by Crippen LogP contribution is -2.44. The molecule has 0 spiro atoms. The van der Waals surface area contributed by atoms with Crippen molar-refractivity contribution in [1.82, 2.24) is 9.80 Å². The van der Waals surface area contributed by atoms with E-state index in [4.69, 9.17) is 16.3 Å². The number of ether oxygens (including phenoxy) is 1. The van der Waals surface area contributed by atoms with Gasteiger partial charge in [0.2, 0.25) is 0 Å². The van der Waals surface area contributed by atoms with Crippen LogP contribution in [0.25, 0.3) is 0 Å². The second-order valence-corrected chi connectivity index (χ2v) is 6.89. The number of nitrogens with zero attached hydrogens (tertiary/aromatic N) is 2. The lowest BCUT2D eigenvalue weighted by molar-refractivity contribution is 0.153. The Hall–Kier alpha value is -1.55. The zero-order valence-corrected chi connectivity index (χ0v) is 15.0. The van der Waals surface area contributed by atoms with Crippen molar-refractivity contribution >= 4 is 11.6 Å². The molecule has 1 heterocycles. The number of hydrogen-bond acceptors (Lipinski definition) is 3. The van der Waals surface area contributed by atoms with Gasteiger partial charge in [0.05, 0.1) is 0 Å². The van der Waals surface area contributed by atoms with E-state index in [0.29, 0.717) is 5.02 Å². The highest BCUT2D eigenvalue weighted by molar-refractivity contribution is 6.30. The van der Waals surface area contributed by atoms with Crippen LogP contribution < -0.4 is 4.74 Å². The molecule has 0 amide bonds. The van der Waals surface area contributed by atoms with Crippen molar-refractivity contribution in [3.8, 4) is 11.5 Å². The summed E-state index contributed by atoms with van der Waals surface area (Å²) in [5.41, 5.74) is 1.36. The van der Waals surface area contributed by atoms with Crippen molar-refractivity contribution in [2.24, 2.45) is 0 Å². The first-order valence-electron chi connectivity index (χ1n) is 8.62. The van der Waals surface area contributed by atoms with Crippen LogP contribution in [0.1, 0.15) is 12.0 Å². The maximum Gasteiger partial charge on any atom is 0.128 e. The van der Waals surface area contributed by atoms with E-state index in [1.54, 1.807) is 0 Å². The molecule has 0 atom stereocenters. The molecule has 2 aromatic carbocycles. The molecule has 1 aliphatic heterocycles. The monoisotopic (exact) mass is 344 g/mol. The summed E-state index contributed by atoms with van der Waals surface area (Å²) < 4.78 is 5.83. The highest BCUT2D eigenvalue weighted by atomic mass is 35.5. The van der Waals surface area contributed by atoms with Gasteiger partial charge in [-0.2, -0.15) is 0 Å². The van der Waals surface area contributed by atoms with Crippen molar-refractivity contribution in [2.45, 2.75) is 12.8 Å². The van der Waals surface area contributed by atoms with E-state index in [1.807, 2.05) is 36.4 Å². The van der Waals surface area contributed by atoms with Gasteiger partial charge in [-0.25, -0.2) is 0 Å². The molecule has 1 saturated heterocycles. The topological polar surface area (TPSA) is 15.7 Å². The van der Waals surface area contributed by atoms with Crippen molar-refractivity contribution in [1.29, 1.82) is 0 Å². The second kappa shape index (κ2) is 8.52. The maximum atomic E-state index is 5.98. The second-order valence-electron chi connectivity index (χ2n) is 6.45. The smallest absolute Gasteiger partial charge is 0.128 e. The number of halogens is 1. The van der Waals surface area contributed by atoms with Crippen LogP contribution in [0.15, 0.2) is 48.5 Å². The van der Waals surface area contributed by atoms with Crippen LogP contribution in [-0.4, -0.2) is 49.6 Å². The minimum Gasteiger partial charge on any atom is -0.457 e.